The van der Waals surface area contributed by atoms with Gasteiger partial charge in [0.05, 0.1) is 11.2 Å². The van der Waals surface area contributed by atoms with Gasteiger partial charge in [0.25, 0.3) is 0 Å². The molecule has 0 aliphatic heterocycles. The number of nitrogens with two attached hydrogens (primary N) is 1. The van der Waals surface area contributed by atoms with Gasteiger partial charge in [0.15, 0.2) is 0 Å². The minimum Gasteiger partial charge on any atom is -0.368 e. The van der Waals surface area contributed by atoms with Gasteiger partial charge >= 0.3 is 0 Å². The van der Waals surface area contributed by atoms with E-state index >= 15 is 0 Å². The maximum Gasteiger partial charge on any atom is 0.0806 e. The van der Waals surface area contributed by atoms with Crippen molar-refractivity contribution in [3.63, 3.8) is 0 Å². The molecule has 0 heterocycles. The zero-order chi connectivity index (χ0) is 9.83. The van der Waals surface area contributed by atoms with Gasteiger partial charge in [-0.25, -0.2) is 0 Å². The molecule has 0 aliphatic carbocycles. The van der Waals surface area contributed by atoms with E-state index in [0.717, 1.165) is 12.8 Å². The highest BCUT2D eigenvalue weighted by molar-refractivity contribution is 4.82. The second-order valence-electron chi connectivity index (χ2n) is 4.31. The number of ether oxygens (including phenoxy) is 1. The first-order chi connectivity index (χ1) is 5.39. The van der Waals surface area contributed by atoms with Crippen LogP contribution in [0.4, 0.5) is 0 Å². The van der Waals surface area contributed by atoms with Gasteiger partial charge < -0.3 is 10.5 Å². The molecule has 2 heteroatoms. The first kappa shape index (κ1) is 11.9. The molecule has 0 aliphatic rings. The molecular formula is C10H23NO. The van der Waals surface area contributed by atoms with Crippen molar-refractivity contribution in [3.8, 4) is 0 Å². The topological polar surface area (TPSA) is 35.2 Å². The summed E-state index contributed by atoms with van der Waals surface area (Å²) in [7, 11) is 0. The minimum atomic E-state index is -0.113. The Kier molecular flexibility index (Phi) is 4.21. The van der Waals surface area contributed by atoms with E-state index in [1.54, 1.807) is 0 Å². The van der Waals surface area contributed by atoms with Crippen LogP contribution in [0.3, 0.4) is 0 Å². The Morgan fingerprint density at radius 1 is 1.08 bits per heavy atom. The molecule has 0 rings (SSSR count). The predicted molar refractivity (Wildman–Crippen MR) is 53.2 cm³/mol. The Hall–Kier alpha value is -0.0800. The van der Waals surface area contributed by atoms with Crippen molar-refractivity contribution >= 4 is 0 Å². The van der Waals surface area contributed by atoms with Crippen molar-refractivity contribution in [1.82, 2.24) is 0 Å². The monoisotopic (exact) mass is 173 g/mol. The summed E-state index contributed by atoms with van der Waals surface area (Å²) in [6, 6.07) is 0. The molecule has 0 radical (unpaired) electrons. The van der Waals surface area contributed by atoms with Crippen LogP contribution in [0.5, 0.6) is 0 Å². The van der Waals surface area contributed by atoms with Crippen molar-refractivity contribution in [2.24, 2.45) is 5.73 Å². The molecule has 0 fully saturated rings. The van der Waals surface area contributed by atoms with Crippen molar-refractivity contribution in [3.05, 3.63) is 0 Å². The van der Waals surface area contributed by atoms with Crippen LogP contribution in [0.2, 0.25) is 0 Å². The summed E-state index contributed by atoms with van der Waals surface area (Å²) in [5.74, 6) is 0. The van der Waals surface area contributed by atoms with Crippen LogP contribution in [0.15, 0.2) is 0 Å². The average Bonchev–Trinajstić information content (AvgIpc) is 1.99. The lowest BCUT2D eigenvalue weighted by Gasteiger charge is -2.37. The van der Waals surface area contributed by atoms with Gasteiger partial charge in [-0.3, -0.25) is 0 Å². The van der Waals surface area contributed by atoms with Crippen LogP contribution in [0.25, 0.3) is 0 Å². The summed E-state index contributed by atoms with van der Waals surface area (Å²) in [4.78, 5) is 0. The highest BCUT2D eigenvalue weighted by atomic mass is 16.5. The second kappa shape index (κ2) is 4.24. The molecule has 12 heavy (non-hydrogen) atoms. The minimum absolute atomic E-state index is 0.0919. The summed E-state index contributed by atoms with van der Waals surface area (Å²) in [5.41, 5.74) is 5.51. The molecule has 0 aromatic rings. The van der Waals surface area contributed by atoms with Crippen LogP contribution in [-0.2, 0) is 4.74 Å². The first-order valence-electron chi connectivity index (χ1n) is 4.79. The first-order valence-corrected chi connectivity index (χ1v) is 4.79. The zero-order valence-electron chi connectivity index (χ0n) is 9.11. The van der Waals surface area contributed by atoms with E-state index in [-0.39, 0.29) is 11.2 Å². The normalized spacial score (nSPS) is 13.5. The second-order valence-corrected chi connectivity index (χ2v) is 4.31. The number of hydrogen-bond donors (Lipinski definition) is 1. The van der Waals surface area contributed by atoms with E-state index in [9.17, 15) is 0 Å². The number of rotatable bonds is 4. The molecule has 2 nitrogen and oxygen atoms in total. The molecule has 0 aromatic heterocycles. The lowest BCUT2D eigenvalue weighted by Crippen LogP contribution is -2.45. The lowest BCUT2D eigenvalue weighted by molar-refractivity contribution is -0.130. The molecule has 0 saturated carbocycles. The van der Waals surface area contributed by atoms with Gasteiger partial charge in [0.2, 0.25) is 0 Å². The van der Waals surface area contributed by atoms with Crippen LogP contribution in [0, 0.1) is 0 Å². The Morgan fingerprint density at radius 2 is 1.50 bits per heavy atom. The van der Waals surface area contributed by atoms with Crippen molar-refractivity contribution in [1.29, 1.82) is 0 Å². The highest BCUT2D eigenvalue weighted by Crippen LogP contribution is 2.25. The third-order valence-corrected chi connectivity index (χ3v) is 2.18. The smallest absolute Gasteiger partial charge is 0.0806 e. The fraction of sp³-hybridized carbons (Fsp3) is 1.00. The maximum absolute atomic E-state index is 5.95. The molecule has 2 N–H and O–H groups in total. The van der Waals surface area contributed by atoms with E-state index in [0.29, 0.717) is 6.54 Å². The standard InChI is InChI=1S/C10H23NO/c1-6-10(7-2,8-11)12-9(3,4)5/h6-8,11H2,1-5H3. The molecule has 0 unspecified atom stereocenters. The van der Waals surface area contributed by atoms with Gasteiger partial charge in [-0.15, -0.1) is 0 Å². The maximum atomic E-state index is 5.95. The van der Waals surface area contributed by atoms with Gasteiger partial charge in [0, 0.05) is 6.54 Å². The summed E-state index contributed by atoms with van der Waals surface area (Å²) >= 11 is 0. The molecular weight excluding hydrogens is 150 g/mol. The van der Waals surface area contributed by atoms with Crippen LogP contribution in [-0.4, -0.2) is 17.7 Å². The van der Waals surface area contributed by atoms with Gasteiger partial charge in [0.1, 0.15) is 0 Å². The largest absolute Gasteiger partial charge is 0.368 e. The Morgan fingerprint density at radius 3 is 1.58 bits per heavy atom. The molecule has 0 atom stereocenters. The van der Waals surface area contributed by atoms with Crippen molar-refractivity contribution in [2.75, 3.05) is 6.54 Å². The van der Waals surface area contributed by atoms with E-state index in [4.69, 9.17) is 10.5 Å². The van der Waals surface area contributed by atoms with Crippen LogP contribution >= 0.6 is 0 Å². The zero-order valence-corrected chi connectivity index (χ0v) is 9.11. The third kappa shape index (κ3) is 3.55. The molecule has 74 valence electrons. The quantitative estimate of drug-likeness (QED) is 0.708. The molecule has 0 amide bonds. The summed E-state index contributed by atoms with van der Waals surface area (Å²) < 4.78 is 5.95. The van der Waals surface area contributed by atoms with E-state index in [1.165, 1.54) is 0 Å². The van der Waals surface area contributed by atoms with Crippen LogP contribution < -0.4 is 5.73 Å². The Bertz CT molecular complexity index is 114. The van der Waals surface area contributed by atoms with Gasteiger partial charge in [-0.2, -0.15) is 0 Å². The average molecular weight is 173 g/mol. The number of hydrogen-bond acceptors (Lipinski definition) is 2. The van der Waals surface area contributed by atoms with Gasteiger partial charge in [-0.05, 0) is 33.6 Å². The fourth-order valence-electron chi connectivity index (χ4n) is 1.37. The fourth-order valence-corrected chi connectivity index (χ4v) is 1.37. The SMILES string of the molecule is CCC(CC)(CN)OC(C)(C)C. The van der Waals surface area contributed by atoms with Gasteiger partial charge in [-0.1, -0.05) is 13.8 Å². The van der Waals surface area contributed by atoms with E-state index < -0.39 is 0 Å². The molecule has 0 spiro atoms. The Balaban J connectivity index is 4.30. The molecule has 0 saturated heterocycles. The van der Waals surface area contributed by atoms with Crippen LogP contribution in [0.1, 0.15) is 47.5 Å². The van der Waals surface area contributed by atoms with Crippen molar-refractivity contribution in [2.45, 2.75) is 58.7 Å². The molecule has 0 aromatic carbocycles. The third-order valence-electron chi connectivity index (χ3n) is 2.18. The van der Waals surface area contributed by atoms with E-state index in [2.05, 4.69) is 34.6 Å². The summed E-state index contributed by atoms with van der Waals surface area (Å²) in [6.45, 7) is 11.1. The highest BCUT2D eigenvalue weighted by Gasteiger charge is 2.30. The predicted octanol–water partition coefficient (Wildman–Crippen LogP) is 2.32. The van der Waals surface area contributed by atoms with E-state index in [1.807, 2.05) is 0 Å². The molecule has 0 bridgehead atoms. The lowest BCUT2D eigenvalue weighted by atomic mass is 9.96. The Labute approximate surface area is 76.5 Å². The van der Waals surface area contributed by atoms with Crippen molar-refractivity contribution < 1.29 is 4.74 Å². The summed E-state index contributed by atoms with van der Waals surface area (Å²) in [6.07, 6.45) is 1.97. The summed E-state index contributed by atoms with van der Waals surface area (Å²) in [5, 5.41) is 0.